The van der Waals surface area contributed by atoms with E-state index in [0.29, 0.717) is 11.2 Å². The molecule has 23 heavy (non-hydrogen) atoms. The number of nitrogens with zero attached hydrogens (tertiary/aromatic N) is 5. The zero-order valence-corrected chi connectivity index (χ0v) is 14.5. The van der Waals surface area contributed by atoms with Gasteiger partial charge in [0.2, 0.25) is 0 Å². The van der Waals surface area contributed by atoms with Crippen LogP contribution in [0.25, 0.3) is 22.6 Å². The number of fused-ring (bicyclic) bond motifs is 1. The molecule has 0 spiro atoms. The molecule has 1 aliphatic carbocycles. The van der Waals surface area contributed by atoms with Gasteiger partial charge < -0.3 is 4.98 Å². The van der Waals surface area contributed by atoms with Crippen molar-refractivity contribution in [1.29, 1.82) is 0 Å². The lowest BCUT2D eigenvalue weighted by Gasteiger charge is -2.21. The lowest BCUT2D eigenvalue weighted by Crippen LogP contribution is -2.14. The molecule has 0 unspecified atom stereocenters. The van der Waals surface area contributed by atoms with Crippen LogP contribution in [0.3, 0.4) is 0 Å². The van der Waals surface area contributed by atoms with Crippen molar-refractivity contribution in [2.24, 2.45) is 7.05 Å². The summed E-state index contributed by atoms with van der Waals surface area (Å²) in [5.74, 6) is 0.778. The van der Waals surface area contributed by atoms with E-state index < -0.39 is 0 Å². The number of aromatic nitrogens is 6. The predicted molar refractivity (Wildman–Crippen MR) is 90.7 cm³/mol. The van der Waals surface area contributed by atoms with Crippen LogP contribution >= 0.6 is 11.6 Å². The minimum atomic E-state index is 0.460. The van der Waals surface area contributed by atoms with Gasteiger partial charge in [0.25, 0.3) is 0 Å². The van der Waals surface area contributed by atoms with E-state index in [4.69, 9.17) is 21.7 Å². The third-order valence-electron chi connectivity index (χ3n) is 4.83. The van der Waals surface area contributed by atoms with Crippen LogP contribution in [0.5, 0.6) is 0 Å². The number of aromatic amines is 1. The monoisotopic (exact) mass is 332 g/mol. The lowest BCUT2D eigenvalue weighted by atomic mass is 9.96. The van der Waals surface area contributed by atoms with E-state index in [9.17, 15) is 0 Å². The summed E-state index contributed by atoms with van der Waals surface area (Å²) in [6.07, 6.45) is 6.25. The molecule has 0 saturated heterocycles. The first-order valence-corrected chi connectivity index (χ1v) is 8.58. The Hall–Kier alpha value is -1.82. The van der Waals surface area contributed by atoms with Crippen LogP contribution in [0, 0.1) is 13.8 Å². The molecule has 0 aromatic carbocycles. The quantitative estimate of drug-likeness (QED) is 0.773. The summed E-state index contributed by atoms with van der Waals surface area (Å²) in [7, 11) is 1.84. The standard InChI is InChI=1S/C16H21ClN6/c1-9-12(14(17)22(3)20-9)15-18-13-10(2)21-23(16(13)19-15)11-7-5-4-6-8-11/h11H,4-8H2,1-3H3,(H,18,19). The van der Waals surface area contributed by atoms with E-state index in [1.165, 1.54) is 32.1 Å². The molecule has 0 radical (unpaired) electrons. The fourth-order valence-corrected chi connectivity index (χ4v) is 3.90. The maximum absolute atomic E-state index is 6.39. The maximum Gasteiger partial charge on any atom is 0.177 e. The summed E-state index contributed by atoms with van der Waals surface area (Å²) in [5.41, 5.74) is 4.68. The Labute approximate surface area is 139 Å². The van der Waals surface area contributed by atoms with Gasteiger partial charge in [-0.1, -0.05) is 30.9 Å². The molecule has 1 aliphatic rings. The summed E-state index contributed by atoms with van der Waals surface area (Å²) in [6, 6.07) is 0.460. The van der Waals surface area contributed by atoms with Gasteiger partial charge in [-0.3, -0.25) is 4.68 Å². The van der Waals surface area contributed by atoms with Crippen LogP contribution in [0.2, 0.25) is 5.15 Å². The fraction of sp³-hybridized carbons (Fsp3) is 0.562. The maximum atomic E-state index is 6.39. The normalized spacial score (nSPS) is 16.5. The molecule has 7 heteroatoms. The van der Waals surface area contributed by atoms with Crippen molar-refractivity contribution in [3.63, 3.8) is 0 Å². The number of rotatable bonds is 2. The van der Waals surface area contributed by atoms with Gasteiger partial charge in [-0.05, 0) is 26.7 Å². The van der Waals surface area contributed by atoms with Gasteiger partial charge in [0.05, 0.1) is 23.0 Å². The van der Waals surface area contributed by atoms with E-state index in [0.717, 1.165) is 33.9 Å². The second-order valence-corrected chi connectivity index (χ2v) is 6.84. The number of H-pyrrole nitrogens is 1. The van der Waals surface area contributed by atoms with E-state index in [1.54, 1.807) is 4.68 Å². The highest BCUT2D eigenvalue weighted by Crippen LogP contribution is 2.34. The number of aryl methyl sites for hydroxylation is 3. The number of imidazole rings is 1. The first-order valence-electron chi connectivity index (χ1n) is 8.20. The molecule has 1 saturated carbocycles. The van der Waals surface area contributed by atoms with Gasteiger partial charge in [0.15, 0.2) is 5.65 Å². The van der Waals surface area contributed by atoms with Crippen LogP contribution in [0.4, 0.5) is 0 Å². The molecule has 0 atom stereocenters. The summed E-state index contributed by atoms with van der Waals surface area (Å²) < 4.78 is 3.79. The van der Waals surface area contributed by atoms with E-state index in [-0.39, 0.29) is 0 Å². The van der Waals surface area contributed by atoms with Crippen LogP contribution in [-0.4, -0.2) is 29.5 Å². The highest BCUT2D eigenvalue weighted by Gasteiger charge is 2.24. The average Bonchev–Trinajstić information content (AvgIpc) is 3.16. The van der Waals surface area contributed by atoms with Crippen molar-refractivity contribution in [3.05, 3.63) is 16.5 Å². The first-order chi connectivity index (χ1) is 11.1. The molecule has 122 valence electrons. The summed E-state index contributed by atoms with van der Waals surface area (Å²) >= 11 is 6.39. The third kappa shape index (κ3) is 2.27. The smallest absolute Gasteiger partial charge is 0.177 e. The Bertz CT molecular complexity index is 865. The zero-order valence-electron chi connectivity index (χ0n) is 13.7. The van der Waals surface area contributed by atoms with Gasteiger partial charge in [-0.2, -0.15) is 10.2 Å². The van der Waals surface area contributed by atoms with Gasteiger partial charge in [-0.25, -0.2) is 9.67 Å². The van der Waals surface area contributed by atoms with Crippen molar-refractivity contribution in [3.8, 4) is 11.4 Å². The topological polar surface area (TPSA) is 64.3 Å². The molecule has 1 fully saturated rings. The van der Waals surface area contributed by atoms with Gasteiger partial charge in [0, 0.05) is 7.05 Å². The number of nitrogens with one attached hydrogen (secondary N) is 1. The molecule has 3 aromatic rings. The summed E-state index contributed by atoms with van der Waals surface area (Å²) in [6.45, 7) is 3.98. The average molecular weight is 333 g/mol. The van der Waals surface area contributed by atoms with Crippen molar-refractivity contribution in [2.75, 3.05) is 0 Å². The highest BCUT2D eigenvalue weighted by molar-refractivity contribution is 6.32. The minimum Gasteiger partial charge on any atom is -0.335 e. The van der Waals surface area contributed by atoms with Crippen LogP contribution in [0.1, 0.15) is 49.5 Å². The molecule has 3 aromatic heterocycles. The second kappa shape index (κ2) is 5.37. The minimum absolute atomic E-state index is 0.460. The Morgan fingerprint density at radius 2 is 1.83 bits per heavy atom. The predicted octanol–water partition coefficient (Wildman–Crippen LogP) is 3.94. The number of hydrogen-bond acceptors (Lipinski definition) is 3. The SMILES string of the molecule is Cc1nn(C)c(Cl)c1-c1nc2c([nH]1)c(C)nn2C1CCCCC1. The van der Waals surface area contributed by atoms with E-state index >= 15 is 0 Å². The van der Waals surface area contributed by atoms with Crippen molar-refractivity contribution in [1.82, 2.24) is 29.5 Å². The Morgan fingerprint density at radius 1 is 1.09 bits per heavy atom. The molecule has 4 rings (SSSR count). The summed E-state index contributed by atoms with van der Waals surface area (Å²) in [4.78, 5) is 8.22. The zero-order chi connectivity index (χ0) is 16.1. The van der Waals surface area contributed by atoms with Crippen molar-refractivity contribution in [2.45, 2.75) is 52.0 Å². The molecule has 3 heterocycles. The largest absolute Gasteiger partial charge is 0.335 e. The van der Waals surface area contributed by atoms with Gasteiger partial charge in [-0.15, -0.1) is 0 Å². The Kier molecular flexibility index (Phi) is 3.44. The van der Waals surface area contributed by atoms with Crippen LogP contribution in [-0.2, 0) is 7.05 Å². The molecule has 0 amide bonds. The summed E-state index contributed by atoms with van der Waals surface area (Å²) in [5, 5.41) is 9.71. The molecular weight excluding hydrogens is 312 g/mol. The number of halogens is 1. The van der Waals surface area contributed by atoms with Crippen LogP contribution in [0.15, 0.2) is 0 Å². The van der Waals surface area contributed by atoms with Crippen LogP contribution < -0.4 is 0 Å². The fourth-order valence-electron chi connectivity index (χ4n) is 3.64. The molecule has 0 aliphatic heterocycles. The number of hydrogen-bond donors (Lipinski definition) is 1. The molecule has 0 bridgehead atoms. The molecule has 6 nitrogen and oxygen atoms in total. The van der Waals surface area contributed by atoms with Gasteiger partial charge in [0.1, 0.15) is 16.5 Å². The van der Waals surface area contributed by atoms with Crippen molar-refractivity contribution < 1.29 is 0 Å². The Balaban J connectivity index is 1.85. The highest BCUT2D eigenvalue weighted by atomic mass is 35.5. The Morgan fingerprint density at radius 3 is 2.48 bits per heavy atom. The van der Waals surface area contributed by atoms with Crippen molar-refractivity contribution >= 4 is 22.8 Å². The van der Waals surface area contributed by atoms with E-state index in [1.807, 2.05) is 20.9 Å². The van der Waals surface area contributed by atoms with E-state index in [2.05, 4.69) is 14.8 Å². The third-order valence-corrected chi connectivity index (χ3v) is 5.26. The second-order valence-electron chi connectivity index (χ2n) is 6.48. The first kappa shape index (κ1) is 14.8. The van der Waals surface area contributed by atoms with Gasteiger partial charge >= 0.3 is 0 Å². The lowest BCUT2D eigenvalue weighted by molar-refractivity contribution is 0.335. The molecule has 1 N–H and O–H groups in total. The molecular formula is C16H21ClN6.